The van der Waals surface area contributed by atoms with Crippen molar-refractivity contribution in [3.63, 3.8) is 0 Å². The van der Waals surface area contributed by atoms with Gasteiger partial charge in [0, 0.05) is 6.08 Å². The van der Waals surface area contributed by atoms with Gasteiger partial charge in [-0.15, -0.1) is 0 Å². The first kappa shape index (κ1) is 20.8. The fourth-order valence-electron chi connectivity index (χ4n) is 2.29. The van der Waals surface area contributed by atoms with E-state index in [4.69, 9.17) is 18.9 Å². The summed E-state index contributed by atoms with van der Waals surface area (Å²) in [6, 6.07) is 12.0. The second kappa shape index (κ2) is 10.6. The molecule has 0 spiro atoms. The van der Waals surface area contributed by atoms with Gasteiger partial charge in [0.05, 0.1) is 19.8 Å². The van der Waals surface area contributed by atoms with Crippen LogP contribution in [-0.2, 0) is 9.53 Å². The number of ketones is 1. The van der Waals surface area contributed by atoms with Crippen molar-refractivity contribution >= 4 is 17.8 Å². The van der Waals surface area contributed by atoms with Crippen LogP contribution in [0.3, 0.4) is 0 Å². The molecule has 0 atom stereocenters. The summed E-state index contributed by atoms with van der Waals surface area (Å²) in [6.45, 7) is 3.61. The number of Topliss-reactive ketones (excluding diaryl/α,β-unsaturated/α-hetero) is 1. The van der Waals surface area contributed by atoms with Gasteiger partial charge >= 0.3 is 5.97 Å². The van der Waals surface area contributed by atoms with Crippen LogP contribution in [0.1, 0.15) is 15.9 Å². The van der Waals surface area contributed by atoms with E-state index in [0.29, 0.717) is 23.9 Å². The van der Waals surface area contributed by atoms with Gasteiger partial charge in [0.25, 0.3) is 0 Å². The smallest absolute Gasteiger partial charge is 0.331 e. The zero-order valence-corrected chi connectivity index (χ0v) is 15.8. The van der Waals surface area contributed by atoms with E-state index in [2.05, 4.69) is 6.58 Å². The average molecular weight is 382 g/mol. The Morgan fingerprint density at radius 1 is 1.00 bits per heavy atom. The fraction of sp³-hybridized carbons (Fsp3) is 0.182. The van der Waals surface area contributed by atoms with Crippen LogP contribution in [0, 0.1) is 0 Å². The number of benzene rings is 2. The summed E-state index contributed by atoms with van der Waals surface area (Å²) in [4.78, 5) is 24.2. The van der Waals surface area contributed by atoms with Crippen LogP contribution in [0.25, 0.3) is 6.08 Å². The Kier molecular flexibility index (Phi) is 7.84. The van der Waals surface area contributed by atoms with E-state index in [1.807, 2.05) is 0 Å². The molecule has 2 rings (SSSR count). The molecule has 2 aromatic carbocycles. The highest BCUT2D eigenvalue weighted by Gasteiger charge is 2.15. The van der Waals surface area contributed by atoms with Crippen LogP contribution in [0.15, 0.2) is 61.2 Å². The predicted octanol–water partition coefficient (Wildman–Crippen LogP) is 3.71. The van der Waals surface area contributed by atoms with Gasteiger partial charge in [-0.05, 0) is 42.0 Å². The van der Waals surface area contributed by atoms with Crippen LogP contribution < -0.4 is 14.2 Å². The molecule has 0 N–H and O–H groups in total. The minimum absolute atomic E-state index is 0.286. The van der Waals surface area contributed by atoms with Crippen LogP contribution in [0.5, 0.6) is 17.2 Å². The maximum absolute atomic E-state index is 12.3. The predicted molar refractivity (Wildman–Crippen MR) is 106 cm³/mol. The largest absolute Gasteiger partial charge is 0.497 e. The molecule has 0 saturated heterocycles. The van der Waals surface area contributed by atoms with E-state index >= 15 is 0 Å². The van der Waals surface area contributed by atoms with Crippen molar-refractivity contribution in [2.24, 2.45) is 0 Å². The first-order valence-electron chi connectivity index (χ1n) is 8.51. The van der Waals surface area contributed by atoms with E-state index in [1.54, 1.807) is 54.6 Å². The van der Waals surface area contributed by atoms with Crippen molar-refractivity contribution < 1.29 is 28.5 Å². The topological polar surface area (TPSA) is 71.1 Å². The molecular weight excluding hydrogens is 360 g/mol. The first-order chi connectivity index (χ1) is 13.6. The molecule has 0 heterocycles. The third kappa shape index (κ3) is 6.02. The highest BCUT2D eigenvalue weighted by Crippen LogP contribution is 2.24. The minimum Gasteiger partial charge on any atom is -0.497 e. The fourth-order valence-corrected chi connectivity index (χ4v) is 2.29. The maximum atomic E-state index is 12.3. The molecule has 0 saturated carbocycles. The quantitative estimate of drug-likeness (QED) is 0.270. The molecule has 0 unspecified atom stereocenters. The van der Waals surface area contributed by atoms with Gasteiger partial charge in [-0.3, -0.25) is 4.79 Å². The summed E-state index contributed by atoms with van der Waals surface area (Å²) in [6.07, 6.45) is 4.51. The van der Waals surface area contributed by atoms with Gasteiger partial charge < -0.3 is 18.9 Å². The van der Waals surface area contributed by atoms with E-state index in [1.165, 1.54) is 20.3 Å². The number of hydrogen-bond donors (Lipinski definition) is 0. The summed E-state index contributed by atoms with van der Waals surface area (Å²) in [5, 5.41) is 0. The molecule has 0 bridgehead atoms. The van der Waals surface area contributed by atoms with Crippen LogP contribution in [0.2, 0.25) is 0 Å². The summed E-state index contributed by atoms with van der Waals surface area (Å²) in [7, 11) is 2.96. The van der Waals surface area contributed by atoms with Crippen molar-refractivity contribution in [3.8, 4) is 17.2 Å². The maximum Gasteiger partial charge on any atom is 0.331 e. The lowest BCUT2D eigenvalue weighted by Gasteiger charge is -2.09. The van der Waals surface area contributed by atoms with Crippen molar-refractivity contribution in [1.82, 2.24) is 0 Å². The third-order valence-electron chi connectivity index (χ3n) is 3.71. The van der Waals surface area contributed by atoms with Crippen molar-refractivity contribution in [2.75, 3.05) is 27.4 Å². The van der Waals surface area contributed by atoms with Crippen molar-refractivity contribution in [3.05, 3.63) is 72.3 Å². The Bertz CT molecular complexity index is 852. The van der Waals surface area contributed by atoms with Crippen LogP contribution >= 0.6 is 0 Å². The zero-order chi connectivity index (χ0) is 20.4. The Hall–Kier alpha value is -3.54. The Morgan fingerprint density at radius 3 is 2.36 bits per heavy atom. The number of esters is 1. The molecule has 146 valence electrons. The lowest BCUT2D eigenvalue weighted by Crippen LogP contribution is -2.13. The molecule has 0 aliphatic heterocycles. The molecule has 0 aliphatic rings. The first-order valence-corrected chi connectivity index (χ1v) is 8.51. The second-order valence-electron chi connectivity index (χ2n) is 5.60. The lowest BCUT2D eigenvalue weighted by molar-refractivity contribution is -0.136. The van der Waals surface area contributed by atoms with Gasteiger partial charge in [-0.25, -0.2) is 4.79 Å². The molecule has 0 amide bonds. The number of hydrogen-bond acceptors (Lipinski definition) is 6. The van der Waals surface area contributed by atoms with E-state index in [0.717, 1.165) is 5.56 Å². The van der Waals surface area contributed by atoms with E-state index < -0.39 is 12.6 Å². The molecule has 0 fully saturated rings. The van der Waals surface area contributed by atoms with Gasteiger partial charge in [0.1, 0.15) is 23.9 Å². The van der Waals surface area contributed by atoms with Crippen molar-refractivity contribution in [1.29, 1.82) is 0 Å². The molecule has 28 heavy (non-hydrogen) atoms. The highest BCUT2D eigenvalue weighted by molar-refractivity contribution is 6.01. The Balaban J connectivity index is 1.92. The van der Waals surface area contributed by atoms with Gasteiger partial charge in [0.15, 0.2) is 6.61 Å². The van der Waals surface area contributed by atoms with Gasteiger partial charge in [0.2, 0.25) is 5.78 Å². The molecule has 6 nitrogen and oxygen atoms in total. The Labute approximate surface area is 164 Å². The molecule has 6 heteroatoms. The van der Waals surface area contributed by atoms with E-state index in [-0.39, 0.29) is 11.3 Å². The van der Waals surface area contributed by atoms with Gasteiger partial charge in [-0.2, -0.15) is 0 Å². The number of ether oxygens (including phenoxy) is 4. The number of carbonyl (C=O) groups is 2. The number of carbonyl (C=O) groups excluding carboxylic acids is 2. The lowest BCUT2D eigenvalue weighted by atomic mass is 10.1. The monoisotopic (exact) mass is 382 g/mol. The van der Waals surface area contributed by atoms with Crippen LogP contribution in [-0.4, -0.2) is 39.2 Å². The van der Waals surface area contributed by atoms with E-state index in [9.17, 15) is 9.59 Å². The SMILES string of the molecule is C=CCOc1ccc(/C=C/C(=O)OCC(=O)c2cc(OC)ccc2OC)cc1. The summed E-state index contributed by atoms with van der Waals surface area (Å²) in [5.41, 5.74) is 1.08. The zero-order valence-electron chi connectivity index (χ0n) is 15.8. The Morgan fingerprint density at radius 2 is 1.71 bits per heavy atom. The molecule has 0 radical (unpaired) electrons. The third-order valence-corrected chi connectivity index (χ3v) is 3.71. The van der Waals surface area contributed by atoms with Gasteiger partial charge in [-0.1, -0.05) is 24.8 Å². The number of methoxy groups -OCH3 is 2. The summed E-state index contributed by atoms with van der Waals surface area (Å²) >= 11 is 0. The highest BCUT2D eigenvalue weighted by atomic mass is 16.5. The standard InChI is InChI=1S/C22H22O6/c1-4-13-27-17-8-5-16(6-9-17)7-12-22(24)28-15-20(23)19-14-18(25-2)10-11-21(19)26-3/h4-12,14H,1,13,15H2,2-3H3/b12-7+. The second-order valence-corrected chi connectivity index (χ2v) is 5.60. The summed E-state index contributed by atoms with van der Waals surface area (Å²) in [5.74, 6) is 0.591. The molecule has 2 aromatic rings. The van der Waals surface area contributed by atoms with Crippen molar-refractivity contribution in [2.45, 2.75) is 0 Å². The normalized spacial score (nSPS) is 10.4. The average Bonchev–Trinajstić information content (AvgIpc) is 2.74. The summed E-state index contributed by atoms with van der Waals surface area (Å²) < 4.78 is 20.7. The minimum atomic E-state index is -0.623. The number of rotatable bonds is 10. The molecular formula is C22H22O6. The molecule has 0 aromatic heterocycles. The molecule has 0 aliphatic carbocycles. The van der Waals surface area contributed by atoms with Crippen LogP contribution in [0.4, 0.5) is 0 Å².